The molecule has 1 aromatic heterocycles. The summed E-state index contributed by atoms with van der Waals surface area (Å²) < 4.78 is 0.900. The summed E-state index contributed by atoms with van der Waals surface area (Å²) >= 11 is 0. The molecule has 1 aliphatic carbocycles. The van der Waals surface area contributed by atoms with Crippen molar-refractivity contribution < 1.29 is 9.90 Å². The first-order valence-electron chi connectivity index (χ1n) is 9.43. The molecule has 0 aliphatic heterocycles. The molecule has 1 heterocycles. The Balaban J connectivity index is 1.67. The molecule has 2 aromatic rings. The first kappa shape index (κ1) is 18.9. The Morgan fingerprint density at radius 1 is 1.19 bits per heavy atom. The zero-order valence-electron chi connectivity index (χ0n) is 15.4. The normalized spacial score (nSPS) is 19.6. The van der Waals surface area contributed by atoms with Crippen molar-refractivity contribution in [3.63, 3.8) is 0 Å². The smallest absolute Gasteiger partial charge is 0.329 e. The molecular weight excluding hydrogens is 346 g/mol. The molecule has 0 atom stereocenters. The van der Waals surface area contributed by atoms with Gasteiger partial charge < -0.3 is 10.4 Å². The molecular formula is C20H25N3O4. The maximum Gasteiger partial charge on any atom is 0.329 e. The number of aromatic hydroxyl groups is 1. The first-order valence-corrected chi connectivity index (χ1v) is 9.43. The molecule has 0 unspecified atom stereocenters. The Labute approximate surface area is 157 Å². The maximum atomic E-state index is 12.5. The minimum absolute atomic E-state index is 0.0431. The second-order valence-electron chi connectivity index (χ2n) is 7.04. The third kappa shape index (κ3) is 4.13. The van der Waals surface area contributed by atoms with Crippen LogP contribution in [0.2, 0.25) is 0 Å². The molecule has 144 valence electrons. The Morgan fingerprint density at radius 3 is 2.48 bits per heavy atom. The third-order valence-electron chi connectivity index (χ3n) is 5.17. The molecule has 1 aliphatic rings. The van der Waals surface area contributed by atoms with Gasteiger partial charge in [0.1, 0.15) is 0 Å². The van der Waals surface area contributed by atoms with E-state index in [-0.39, 0.29) is 18.3 Å². The van der Waals surface area contributed by atoms with Crippen molar-refractivity contribution in [2.24, 2.45) is 0 Å². The summed E-state index contributed by atoms with van der Waals surface area (Å²) in [5, 5.41) is 12.9. The lowest BCUT2D eigenvalue weighted by atomic mass is 9.82. The van der Waals surface area contributed by atoms with E-state index in [2.05, 4.69) is 22.4 Å². The van der Waals surface area contributed by atoms with Gasteiger partial charge in [0, 0.05) is 12.6 Å². The van der Waals surface area contributed by atoms with E-state index in [1.54, 1.807) is 0 Å². The average Bonchev–Trinajstić information content (AvgIpc) is 2.69. The minimum atomic E-state index is -0.835. The van der Waals surface area contributed by atoms with Gasteiger partial charge in [-0.05, 0) is 43.6 Å². The summed E-state index contributed by atoms with van der Waals surface area (Å²) in [6.07, 6.45) is 4.09. The summed E-state index contributed by atoms with van der Waals surface area (Å²) in [6, 6.07) is 10.3. The van der Waals surface area contributed by atoms with Crippen LogP contribution in [0.1, 0.15) is 61.0 Å². The van der Waals surface area contributed by atoms with Crippen LogP contribution in [0.15, 0.2) is 39.9 Å². The molecule has 0 saturated heterocycles. The van der Waals surface area contributed by atoms with E-state index in [1.807, 2.05) is 25.1 Å². The Bertz CT molecular complexity index is 909. The van der Waals surface area contributed by atoms with E-state index in [4.69, 9.17) is 0 Å². The van der Waals surface area contributed by atoms with Crippen LogP contribution in [-0.2, 0) is 6.54 Å². The number of hydrogen-bond donors (Lipinski definition) is 3. The van der Waals surface area contributed by atoms with E-state index in [1.165, 1.54) is 5.56 Å². The summed E-state index contributed by atoms with van der Waals surface area (Å²) in [5.74, 6) is -0.849. The van der Waals surface area contributed by atoms with Crippen LogP contribution in [0.3, 0.4) is 0 Å². The number of hydrogen-bond acceptors (Lipinski definition) is 4. The number of aromatic amines is 1. The molecule has 7 nitrogen and oxygen atoms in total. The number of H-pyrrole nitrogens is 1. The second kappa shape index (κ2) is 8.24. The van der Waals surface area contributed by atoms with E-state index >= 15 is 0 Å². The second-order valence-corrected chi connectivity index (χ2v) is 7.04. The lowest BCUT2D eigenvalue weighted by molar-refractivity contribution is 0.0916. The van der Waals surface area contributed by atoms with E-state index < -0.39 is 22.9 Å². The van der Waals surface area contributed by atoms with Crippen LogP contribution in [0.4, 0.5) is 0 Å². The molecule has 3 N–H and O–H groups in total. The van der Waals surface area contributed by atoms with Crippen molar-refractivity contribution >= 4 is 5.91 Å². The first-order chi connectivity index (χ1) is 13.0. The molecule has 1 fully saturated rings. The van der Waals surface area contributed by atoms with Crippen LogP contribution in [-0.4, -0.2) is 26.6 Å². The summed E-state index contributed by atoms with van der Waals surface area (Å²) in [4.78, 5) is 38.9. The molecule has 1 amide bonds. The number of nitrogens with zero attached hydrogens (tertiary/aromatic N) is 1. The van der Waals surface area contributed by atoms with Crippen LogP contribution in [0.25, 0.3) is 0 Å². The standard InChI is InChI=1S/C20H25N3O4/c1-2-12-23-19(26)17(24)16(22-20(23)27)18(25)21-15-10-8-14(9-11-15)13-6-4-3-5-7-13/h3-7,14-15,24H,2,8-12H2,1H3,(H,21,25)(H,22,27)/t14-,15+. The average molecular weight is 371 g/mol. The zero-order valence-corrected chi connectivity index (χ0v) is 15.4. The predicted molar refractivity (Wildman–Crippen MR) is 102 cm³/mol. The largest absolute Gasteiger partial charge is 0.501 e. The number of benzene rings is 1. The molecule has 7 heteroatoms. The topological polar surface area (TPSA) is 104 Å². The molecule has 27 heavy (non-hydrogen) atoms. The predicted octanol–water partition coefficient (Wildman–Crippen LogP) is 2.11. The highest BCUT2D eigenvalue weighted by Gasteiger charge is 2.26. The number of amides is 1. The number of aromatic nitrogens is 2. The molecule has 0 spiro atoms. The molecule has 0 bridgehead atoms. The molecule has 0 radical (unpaired) electrons. The van der Waals surface area contributed by atoms with Gasteiger partial charge in [0.15, 0.2) is 5.69 Å². The van der Waals surface area contributed by atoms with Gasteiger partial charge in [-0.15, -0.1) is 0 Å². The highest BCUT2D eigenvalue weighted by atomic mass is 16.3. The zero-order chi connectivity index (χ0) is 19.4. The van der Waals surface area contributed by atoms with Gasteiger partial charge in [0.25, 0.3) is 11.5 Å². The SMILES string of the molecule is CCCn1c(=O)[nH]c(C(=O)N[C@H]2CC[C@@H](c3ccccc3)CC2)c(O)c1=O. The Morgan fingerprint density at radius 2 is 1.85 bits per heavy atom. The van der Waals surface area contributed by atoms with Crippen LogP contribution in [0.5, 0.6) is 5.75 Å². The summed E-state index contributed by atoms with van der Waals surface area (Å²) in [6.45, 7) is 2.00. The fourth-order valence-corrected chi connectivity index (χ4v) is 3.71. The highest BCUT2D eigenvalue weighted by Crippen LogP contribution is 2.32. The van der Waals surface area contributed by atoms with Gasteiger partial charge in [-0.2, -0.15) is 0 Å². The lowest BCUT2D eigenvalue weighted by Crippen LogP contribution is -2.41. The van der Waals surface area contributed by atoms with Crippen molar-refractivity contribution in [3.8, 4) is 5.75 Å². The Kier molecular flexibility index (Phi) is 5.78. The van der Waals surface area contributed by atoms with Crippen LogP contribution in [0, 0.1) is 0 Å². The van der Waals surface area contributed by atoms with Gasteiger partial charge in [0.2, 0.25) is 5.75 Å². The van der Waals surface area contributed by atoms with Gasteiger partial charge in [-0.1, -0.05) is 37.3 Å². The lowest BCUT2D eigenvalue weighted by Gasteiger charge is -2.29. The summed E-state index contributed by atoms with van der Waals surface area (Å²) in [7, 11) is 0. The maximum absolute atomic E-state index is 12.5. The fourth-order valence-electron chi connectivity index (χ4n) is 3.71. The summed E-state index contributed by atoms with van der Waals surface area (Å²) in [5.41, 5.74) is -0.567. The van der Waals surface area contributed by atoms with E-state index in [9.17, 15) is 19.5 Å². The van der Waals surface area contributed by atoms with Crippen molar-refractivity contribution in [1.29, 1.82) is 0 Å². The Hall–Kier alpha value is -2.83. The van der Waals surface area contributed by atoms with Gasteiger partial charge in [0.05, 0.1) is 0 Å². The number of rotatable bonds is 5. The molecule has 1 aromatic carbocycles. The monoisotopic (exact) mass is 371 g/mol. The number of nitrogens with one attached hydrogen (secondary N) is 2. The van der Waals surface area contributed by atoms with Gasteiger partial charge >= 0.3 is 5.69 Å². The minimum Gasteiger partial charge on any atom is -0.501 e. The highest BCUT2D eigenvalue weighted by molar-refractivity contribution is 5.94. The van der Waals surface area contributed by atoms with Crippen LogP contribution >= 0.6 is 0 Å². The third-order valence-corrected chi connectivity index (χ3v) is 5.17. The number of carbonyl (C=O) groups is 1. The van der Waals surface area contributed by atoms with Gasteiger partial charge in [-0.25, -0.2) is 4.79 Å². The van der Waals surface area contributed by atoms with Crippen molar-refractivity contribution in [1.82, 2.24) is 14.9 Å². The van der Waals surface area contributed by atoms with Crippen LogP contribution < -0.4 is 16.6 Å². The fraction of sp³-hybridized carbons (Fsp3) is 0.450. The van der Waals surface area contributed by atoms with Crippen molar-refractivity contribution in [3.05, 3.63) is 62.4 Å². The van der Waals surface area contributed by atoms with E-state index in [0.29, 0.717) is 12.3 Å². The van der Waals surface area contributed by atoms with Crippen molar-refractivity contribution in [2.45, 2.75) is 57.5 Å². The number of carbonyl (C=O) groups excluding carboxylic acids is 1. The van der Waals surface area contributed by atoms with Crippen molar-refractivity contribution in [2.75, 3.05) is 0 Å². The van der Waals surface area contributed by atoms with Gasteiger partial charge in [-0.3, -0.25) is 19.1 Å². The quantitative estimate of drug-likeness (QED) is 0.749. The molecule has 3 rings (SSSR count). The molecule has 1 saturated carbocycles. The van der Waals surface area contributed by atoms with E-state index in [0.717, 1.165) is 30.3 Å².